The number of benzene rings is 1. The molecule has 0 unspecified atom stereocenters. The maximum absolute atomic E-state index is 5.15. The van der Waals surface area contributed by atoms with Crippen LogP contribution >= 0.6 is 24.0 Å². The molecule has 0 bridgehead atoms. The molecule has 0 fully saturated rings. The molecule has 0 amide bonds. The summed E-state index contributed by atoms with van der Waals surface area (Å²) in [6, 6.07) is 8.32. The minimum absolute atomic E-state index is 0. The van der Waals surface area contributed by atoms with Crippen molar-refractivity contribution in [3.8, 4) is 5.75 Å². The summed E-state index contributed by atoms with van der Waals surface area (Å²) in [5.74, 6) is 1.89. The van der Waals surface area contributed by atoms with Crippen LogP contribution in [0.3, 0.4) is 0 Å². The van der Waals surface area contributed by atoms with Crippen LogP contribution in [-0.2, 0) is 6.42 Å². The molecule has 5 heteroatoms. The lowest BCUT2D eigenvalue weighted by molar-refractivity contribution is 0.414. The van der Waals surface area contributed by atoms with Gasteiger partial charge in [0, 0.05) is 19.6 Å². The van der Waals surface area contributed by atoms with E-state index in [1.807, 2.05) is 12.1 Å². The number of halogens is 1. The number of aliphatic imine (C=N–C) groups is 1. The molecule has 0 spiro atoms. The van der Waals surface area contributed by atoms with Gasteiger partial charge in [0.1, 0.15) is 5.75 Å². The highest BCUT2D eigenvalue weighted by Crippen LogP contribution is 2.12. The minimum atomic E-state index is 0. The number of aryl methyl sites for hydroxylation is 1. The third-order valence-electron chi connectivity index (χ3n) is 3.24. The first-order valence-electron chi connectivity index (χ1n) is 7.03. The standard InChI is InChI=1S/C15H23N3O.HI/c1-19-14-8-6-13(7-9-14)5-2-3-10-16-15-17-11-4-12-18-15;/h6-9H,2-5,10-12H2,1H3,(H2,16,17,18);1H. The maximum atomic E-state index is 5.15. The summed E-state index contributed by atoms with van der Waals surface area (Å²) in [5.41, 5.74) is 1.37. The summed E-state index contributed by atoms with van der Waals surface area (Å²) in [6.07, 6.45) is 4.60. The number of hydrogen-bond donors (Lipinski definition) is 2. The Hall–Kier alpha value is -0.980. The Balaban J connectivity index is 0.00000200. The van der Waals surface area contributed by atoms with Crippen molar-refractivity contribution in [1.29, 1.82) is 0 Å². The van der Waals surface area contributed by atoms with Crippen LogP contribution in [-0.4, -0.2) is 32.7 Å². The molecule has 2 rings (SSSR count). The number of nitrogens with zero attached hydrogens (tertiary/aromatic N) is 1. The molecule has 0 aromatic heterocycles. The van der Waals surface area contributed by atoms with Crippen LogP contribution in [0.25, 0.3) is 0 Å². The molecule has 0 saturated heterocycles. The van der Waals surface area contributed by atoms with Gasteiger partial charge in [0.25, 0.3) is 0 Å². The van der Waals surface area contributed by atoms with E-state index in [0.717, 1.165) is 50.6 Å². The Morgan fingerprint density at radius 1 is 1.25 bits per heavy atom. The third kappa shape index (κ3) is 5.98. The zero-order chi connectivity index (χ0) is 13.3. The second-order valence-corrected chi connectivity index (χ2v) is 4.74. The van der Waals surface area contributed by atoms with Crippen molar-refractivity contribution in [2.45, 2.75) is 25.7 Å². The van der Waals surface area contributed by atoms with Gasteiger partial charge in [-0.15, -0.1) is 24.0 Å². The molecular formula is C15H24IN3O. The summed E-state index contributed by atoms with van der Waals surface area (Å²) >= 11 is 0. The molecule has 1 aromatic carbocycles. The largest absolute Gasteiger partial charge is 0.497 e. The molecule has 4 nitrogen and oxygen atoms in total. The fraction of sp³-hybridized carbons (Fsp3) is 0.533. The lowest BCUT2D eigenvalue weighted by Crippen LogP contribution is -2.41. The van der Waals surface area contributed by atoms with E-state index in [1.54, 1.807) is 7.11 Å². The smallest absolute Gasteiger partial charge is 0.191 e. The summed E-state index contributed by atoms with van der Waals surface area (Å²) in [4.78, 5) is 4.38. The Labute approximate surface area is 138 Å². The first-order valence-corrected chi connectivity index (χ1v) is 7.03. The van der Waals surface area contributed by atoms with E-state index in [-0.39, 0.29) is 24.0 Å². The van der Waals surface area contributed by atoms with Crippen molar-refractivity contribution in [3.63, 3.8) is 0 Å². The fourth-order valence-corrected chi connectivity index (χ4v) is 2.10. The predicted octanol–water partition coefficient (Wildman–Crippen LogP) is 2.57. The molecule has 20 heavy (non-hydrogen) atoms. The molecule has 1 heterocycles. The average molecular weight is 389 g/mol. The zero-order valence-electron chi connectivity index (χ0n) is 12.0. The number of guanidine groups is 1. The number of unbranched alkanes of at least 4 members (excludes halogenated alkanes) is 1. The van der Waals surface area contributed by atoms with E-state index < -0.39 is 0 Å². The highest BCUT2D eigenvalue weighted by Gasteiger charge is 2.02. The van der Waals surface area contributed by atoms with Gasteiger partial charge in [-0.1, -0.05) is 12.1 Å². The van der Waals surface area contributed by atoms with Crippen LogP contribution in [0.5, 0.6) is 5.75 Å². The predicted molar refractivity (Wildman–Crippen MR) is 94.3 cm³/mol. The highest BCUT2D eigenvalue weighted by atomic mass is 127. The number of ether oxygens (including phenoxy) is 1. The molecule has 0 saturated carbocycles. The van der Waals surface area contributed by atoms with Crippen LogP contribution in [0, 0.1) is 0 Å². The van der Waals surface area contributed by atoms with Gasteiger partial charge in [0.2, 0.25) is 0 Å². The molecule has 1 aromatic rings. The Bertz CT molecular complexity index is 406. The third-order valence-corrected chi connectivity index (χ3v) is 3.24. The van der Waals surface area contributed by atoms with E-state index >= 15 is 0 Å². The molecule has 0 aliphatic carbocycles. The van der Waals surface area contributed by atoms with Crippen molar-refractivity contribution in [2.75, 3.05) is 26.7 Å². The molecule has 1 aliphatic rings. The summed E-state index contributed by atoms with van der Waals surface area (Å²) < 4.78 is 5.15. The van der Waals surface area contributed by atoms with E-state index in [2.05, 4.69) is 27.8 Å². The van der Waals surface area contributed by atoms with Crippen LogP contribution in [0.2, 0.25) is 0 Å². The normalized spacial score (nSPS) is 13.8. The Morgan fingerprint density at radius 2 is 2.05 bits per heavy atom. The molecular weight excluding hydrogens is 365 g/mol. The van der Waals surface area contributed by atoms with Gasteiger partial charge in [-0.3, -0.25) is 4.99 Å². The van der Waals surface area contributed by atoms with Gasteiger partial charge in [-0.25, -0.2) is 0 Å². The Morgan fingerprint density at radius 3 is 2.70 bits per heavy atom. The van der Waals surface area contributed by atoms with Gasteiger partial charge >= 0.3 is 0 Å². The number of hydrogen-bond acceptors (Lipinski definition) is 4. The first kappa shape index (κ1) is 17.1. The maximum Gasteiger partial charge on any atom is 0.191 e. The van der Waals surface area contributed by atoms with Crippen LogP contribution in [0.15, 0.2) is 29.3 Å². The Kier molecular flexibility index (Phi) is 8.41. The van der Waals surface area contributed by atoms with Crippen LogP contribution < -0.4 is 15.4 Å². The van der Waals surface area contributed by atoms with Crippen molar-refractivity contribution in [2.24, 2.45) is 4.99 Å². The quantitative estimate of drug-likeness (QED) is 0.581. The monoisotopic (exact) mass is 389 g/mol. The molecule has 112 valence electrons. The topological polar surface area (TPSA) is 45.6 Å². The van der Waals surface area contributed by atoms with E-state index in [0.29, 0.717) is 0 Å². The molecule has 0 atom stereocenters. The highest BCUT2D eigenvalue weighted by molar-refractivity contribution is 14.0. The summed E-state index contributed by atoms with van der Waals surface area (Å²) in [7, 11) is 1.70. The van der Waals surface area contributed by atoms with E-state index in [9.17, 15) is 0 Å². The first-order chi connectivity index (χ1) is 9.38. The average Bonchev–Trinajstić information content (AvgIpc) is 2.49. The van der Waals surface area contributed by atoms with Crippen molar-refractivity contribution in [1.82, 2.24) is 10.6 Å². The number of rotatable bonds is 6. The summed E-state index contributed by atoms with van der Waals surface area (Å²) in [6.45, 7) is 2.97. The van der Waals surface area contributed by atoms with Crippen molar-refractivity contribution in [3.05, 3.63) is 29.8 Å². The van der Waals surface area contributed by atoms with Crippen molar-refractivity contribution >= 4 is 29.9 Å². The van der Waals surface area contributed by atoms with E-state index in [4.69, 9.17) is 4.74 Å². The number of methoxy groups -OCH3 is 1. The van der Waals surface area contributed by atoms with Crippen molar-refractivity contribution < 1.29 is 4.74 Å². The lowest BCUT2D eigenvalue weighted by Gasteiger charge is -2.15. The second kappa shape index (κ2) is 9.85. The SMILES string of the molecule is COc1ccc(CCCCNC2=NCCCN2)cc1.I. The molecule has 0 radical (unpaired) electrons. The summed E-state index contributed by atoms with van der Waals surface area (Å²) in [5, 5.41) is 6.61. The number of nitrogens with one attached hydrogen (secondary N) is 2. The fourth-order valence-electron chi connectivity index (χ4n) is 2.10. The second-order valence-electron chi connectivity index (χ2n) is 4.74. The van der Waals surface area contributed by atoms with Gasteiger partial charge in [0.05, 0.1) is 7.11 Å². The van der Waals surface area contributed by atoms with E-state index in [1.165, 1.54) is 12.0 Å². The van der Waals surface area contributed by atoms with Gasteiger partial charge in [-0.2, -0.15) is 0 Å². The van der Waals surface area contributed by atoms with Crippen LogP contribution in [0.4, 0.5) is 0 Å². The molecule has 2 N–H and O–H groups in total. The zero-order valence-corrected chi connectivity index (χ0v) is 14.4. The van der Waals surface area contributed by atoms with Gasteiger partial charge < -0.3 is 15.4 Å². The van der Waals surface area contributed by atoms with Gasteiger partial charge in [0.15, 0.2) is 5.96 Å². The van der Waals surface area contributed by atoms with Crippen LogP contribution in [0.1, 0.15) is 24.8 Å². The van der Waals surface area contributed by atoms with Gasteiger partial charge in [-0.05, 0) is 43.4 Å². The minimum Gasteiger partial charge on any atom is -0.497 e. The lowest BCUT2D eigenvalue weighted by atomic mass is 10.1. The molecule has 1 aliphatic heterocycles.